The Kier molecular flexibility index (Phi) is 17.5. The molecule has 0 amide bonds. The molecule has 0 aromatic heterocycles. The molecule has 0 saturated heterocycles. The van der Waals surface area contributed by atoms with E-state index in [1.165, 1.54) is 96.3 Å². The highest BCUT2D eigenvalue weighted by Crippen LogP contribution is 2.09. The molecule has 0 heterocycles. The molecular formula is C19H37. The lowest BCUT2D eigenvalue weighted by molar-refractivity contribution is 0.589. The zero-order valence-electron chi connectivity index (χ0n) is 13.7. The van der Waals surface area contributed by atoms with Gasteiger partial charge in [0.25, 0.3) is 0 Å². The van der Waals surface area contributed by atoms with Crippen molar-refractivity contribution in [1.29, 1.82) is 0 Å². The van der Waals surface area contributed by atoms with E-state index in [0.29, 0.717) is 0 Å². The molecule has 0 rings (SSSR count). The van der Waals surface area contributed by atoms with Gasteiger partial charge in [-0.2, -0.15) is 0 Å². The molecule has 0 aromatic rings. The fourth-order valence-electron chi connectivity index (χ4n) is 2.42. The van der Waals surface area contributed by atoms with Gasteiger partial charge in [0.1, 0.15) is 0 Å². The van der Waals surface area contributed by atoms with E-state index < -0.39 is 0 Å². The average molecular weight is 266 g/mol. The molecular weight excluding hydrogens is 228 g/mol. The maximum Gasteiger partial charge on any atom is -0.0279 e. The molecule has 0 aromatic carbocycles. The number of hydrogen-bond acceptors (Lipinski definition) is 0. The van der Waals surface area contributed by atoms with Crippen molar-refractivity contribution < 1.29 is 0 Å². The molecule has 0 spiro atoms. The van der Waals surface area contributed by atoms with E-state index in [9.17, 15) is 0 Å². The lowest BCUT2D eigenvalue weighted by Gasteiger charge is -1.99. The van der Waals surface area contributed by atoms with Crippen LogP contribution in [0.25, 0.3) is 0 Å². The summed E-state index contributed by atoms with van der Waals surface area (Å²) in [5, 5.41) is 0. The van der Waals surface area contributed by atoms with E-state index in [4.69, 9.17) is 0 Å². The van der Waals surface area contributed by atoms with Gasteiger partial charge in [-0.05, 0) is 31.8 Å². The number of allylic oxidation sites excluding steroid dienone is 2. The van der Waals surface area contributed by atoms with Gasteiger partial charge in [-0.3, -0.25) is 0 Å². The molecule has 113 valence electrons. The van der Waals surface area contributed by atoms with E-state index in [1.807, 2.05) is 0 Å². The monoisotopic (exact) mass is 265 g/mol. The van der Waals surface area contributed by atoms with Crippen LogP contribution in [0.5, 0.6) is 0 Å². The zero-order chi connectivity index (χ0) is 14.0. The lowest BCUT2D eigenvalue weighted by Crippen LogP contribution is -1.80. The highest BCUT2D eigenvalue weighted by atomic mass is 14.0. The van der Waals surface area contributed by atoms with Crippen molar-refractivity contribution in [2.45, 2.75) is 110 Å². The van der Waals surface area contributed by atoms with Crippen LogP contribution >= 0.6 is 0 Å². The molecule has 0 atom stereocenters. The van der Waals surface area contributed by atoms with Crippen LogP contribution in [0.15, 0.2) is 6.08 Å². The summed E-state index contributed by atoms with van der Waals surface area (Å²) in [4.78, 5) is 0. The highest BCUT2D eigenvalue weighted by molar-refractivity contribution is 4.73. The molecule has 0 N–H and O–H groups in total. The van der Waals surface area contributed by atoms with Crippen LogP contribution in [0.4, 0.5) is 0 Å². The fraction of sp³-hybridized carbons (Fsp3) is 0.895. The predicted molar refractivity (Wildman–Crippen MR) is 88.4 cm³/mol. The maximum atomic E-state index is 3.46. The molecule has 0 unspecified atom stereocenters. The Labute approximate surface area is 123 Å². The van der Waals surface area contributed by atoms with Crippen molar-refractivity contribution in [2.75, 3.05) is 0 Å². The zero-order valence-corrected chi connectivity index (χ0v) is 13.7. The molecule has 0 fully saturated rings. The summed E-state index contributed by atoms with van der Waals surface area (Å²) in [6.45, 7) is 4.56. The first kappa shape index (κ1) is 18.7. The minimum absolute atomic E-state index is 1.18. The van der Waals surface area contributed by atoms with Crippen LogP contribution in [0.3, 0.4) is 0 Å². The van der Waals surface area contributed by atoms with Crippen LogP contribution < -0.4 is 0 Å². The summed E-state index contributed by atoms with van der Waals surface area (Å²) in [7, 11) is 0. The third kappa shape index (κ3) is 17.7. The van der Waals surface area contributed by atoms with Gasteiger partial charge in [-0.25, -0.2) is 0 Å². The molecule has 0 aliphatic rings. The van der Waals surface area contributed by atoms with Crippen molar-refractivity contribution in [3.63, 3.8) is 0 Å². The van der Waals surface area contributed by atoms with Gasteiger partial charge in [-0.15, -0.1) is 0 Å². The average Bonchev–Trinajstić information content (AvgIpc) is 2.43. The van der Waals surface area contributed by atoms with Crippen molar-refractivity contribution in [1.82, 2.24) is 0 Å². The van der Waals surface area contributed by atoms with Crippen molar-refractivity contribution >= 4 is 0 Å². The van der Waals surface area contributed by atoms with Crippen molar-refractivity contribution in [3.8, 4) is 0 Å². The van der Waals surface area contributed by atoms with Crippen LogP contribution in [-0.4, -0.2) is 0 Å². The molecule has 1 radical (unpaired) electrons. The molecule has 19 heavy (non-hydrogen) atoms. The van der Waals surface area contributed by atoms with Gasteiger partial charge in [0.2, 0.25) is 0 Å². The fourth-order valence-corrected chi connectivity index (χ4v) is 2.42. The van der Waals surface area contributed by atoms with E-state index >= 15 is 0 Å². The third-order valence-electron chi connectivity index (χ3n) is 3.77. The number of unbranched alkanes of at least 4 members (excludes halogenated alkanes) is 13. The largest absolute Gasteiger partial charge is 0.0811 e. The summed E-state index contributed by atoms with van der Waals surface area (Å²) in [5.41, 5.74) is 0. The summed E-state index contributed by atoms with van der Waals surface area (Å²) in [6.07, 6.45) is 26.4. The Morgan fingerprint density at radius 2 is 1.05 bits per heavy atom. The van der Waals surface area contributed by atoms with Gasteiger partial charge in [-0.1, -0.05) is 90.6 Å². The van der Waals surface area contributed by atoms with Crippen LogP contribution in [0.2, 0.25) is 0 Å². The van der Waals surface area contributed by atoms with Crippen LogP contribution in [-0.2, 0) is 0 Å². The molecule has 0 aliphatic heterocycles. The Hall–Kier alpha value is -0.260. The second kappa shape index (κ2) is 17.7. The van der Waals surface area contributed by atoms with Gasteiger partial charge < -0.3 is 0 Å². The van der Waals surface area contributed by atoms with Gasteiger partial charge in [0.05, 0.1) is 0 Å². The van der Waals surface area contributed by atoms with E-state index in [0.717, 1.165) is 0 Å². The molecule has 0 bridgehead atoms. The topological polar surface area (TPSA) is 0 Å². The quantitative estimate of drug-likeness (QED) is 0.274. The maximum absolute atomic E-state index is 3.46. The van der Waals surface area contributed by atoms with E-state index in [-0.39, 0.29) is 0 Å². The Morgan fingerprint density at radius 3 is 1.63 bits per heavy atom. The van der Waals surface area contributed by atoms with Gasteiger partial charge in [0.15, 0.2) is 0 Å². The molecule has 0 heteroatoms. The minimum atomic E-state index is 1.18. The van der Waals surface area contributed by atoms with E-state index in [1.54, 1.807) is 0 Å². The van der Waals surface area contributed by atoms with Gasteiger partial charge >= 0.3 is 0 Å². The number of hydrogen-bond donors (Lipinski definition) is 0. The summed E-state index contributed by atoms with van der Waals surface area (Å²) in [6, 6.07) is 0. The van der Waals surface area contributed by atoms with Crippen molar-refractivity contribution in [2.24, 2.45) is 0 Å². The Morgan fingerprint density at radius 1 is 0.579 bits per heavy atom. The molecule has 0 nitrogen and oxygen atoms in total. The predicted octanol–water partition coefficient (Wildman–Crippen LogP) is 7.24. The van der Waals surface area contributed by atoms with Crippen LogP contribution in [0.1, 0.15) is 110 Å². The first-order valence-corrected chi connectivity index (χ1v) is 8.96. The van der Waals surface area contributed by atoms with Crippen LogP contribution in [0, 0.1) is 6.08 Å². The highest BCUT2D eigenvalue weighted by Gasteiger charge is 1.90. The second-order valence-corrected chi connectivity index (χ2v) is 5.84. The Bertz CT molecular complexity index is 169. The first-order chi connectivity index (χ1) is 9.41. The standard InChI is InChI=1S/C19H37/c1-3-5-7-9-11-13-15-17-19-18-16-14-12-10-8-6-4-2/h17H,3-16,18H2,1-2H3. The summed E-state index contributed by atoms with van der Waals surface area (Å²) < 4.78 is 0. The second-order valence-electron chi connectivity index (χ2n) is 5.84. The van der Waals surface area contributed by atoms with Gasteiger partial charge in [0, 0.05) is 0 Å². The normalized spacial score (nSPS) is 11.5. The Balaban J connectivity index is 3.01. The SMILES string of the molecule is CCCCCCCC/C=[C]\CCCCCCCCC. The summed E-state index contributed by atoms with van der Waals surface area (Å²) in [5.74, 6) is 0. The smallest absolute Gasteiger partial charge is 0.0279 e. The van der Waals surface area contributed by atoms with Crippen molar-refractivity contribution in [3.05, 3.63) is 12.2 Å². The third-order valence-corrected chi connectivity index (χ3v) is 3.77. The first-order valence-electron chi connectivity index (χ1n) is 8.96. The van der Waals surface area contributed by atoms with E-state index in [2.05, 4.69) is 26.0 Å². The summed E-state index contributed by atoms with van der Waals surface area (Å²) >= 11 is 0. The number of rotatable bonds is 15. The lowest BCUT2D eigenvalue weighted by atomic mass is 10.1. The molecule has 0 saturated carbocycles. The molecule has 0 aliphatic carbocycles. The minimum Gasteiger partial charge on any atom is -0.0811 e.